The molecule has 0 radical (unpaired) electrons. The van der Waals surface area contributed by atoms with E-state index < -0.39 is 0 Å². The van der Waals surface area contributed by atoms with E-state index in [0.29, 0.717) is 17.4 Å². The molecule has 4 rings (SSSR count). The van der Waals surface area contributed by atoms with Crippen LogP contribution < -0.4 is 4.90 Å². The number of piperidine rings is 1. The van der Waals surface area contributed by atoms with Crippen molar-refractivity contribution in [2.75, 3.05) is 25.0 Å². The molecule has 1 saturated heterocycles. The first-order valence-electron chi connectivity index (χ1n) is 10.1. The second-order valence-electron chi connectivity index (χ2n) is 7.58. The number of aromatic nitrogens is 2. The third-order valence-electron chi connectivity index (χ3n) is 5.63. The Labute approximate surface area is 172 Å². The van der Waals surface area contributed by atoms with Crippen molar-refractivity contribution in [3.05, 3.63) is 84.3 Å². The number of hydrogen-bond acceptors (Lipinski definition) is 4. The van der Waals surface area contributed by atoms with Crippen LogP contribution in [0.1, 0.15) is 28.9 Å². The van der Waals surface area contributed by atoms with E-state index in [-0.39, 0.29) is 5.91 Å². The lowest BCUT2D eigenvalue weighted by Gasteiger charge is -2.32. The third kappa shape index (κ3) is 4.62. The number of likely N-dealkylation sites (tertiary alicyclic amines) is 1. The van der Waals surface area contributed by atoms with Crippen LogP contribution in [-0.4, -0.2) is 40.9 Å². The van der Waals surface area contributed by atoms with Crippen molar-refractivity contribution in [3.63, 3.8) is 0 Å². The maximum atomic E-state index is 13.0. The van der Waals surface area contributed by atoms with Crippen molar-refractivity contribution < 1.29 is 4.79 Å². The molecule has 1 amide bonds. The van der Waals surface area contributed by atoms with Crippen LogP contribution >= 0.6 is 0 Å². The number of hydrogen-bond donors (Lipinski definition) is 0. The number of para-hydroxylation sites is 1. The van der Waals surface area contributed by atoms with E-state index in [1.165, 1.54) is 11.9 Å². The van der Waals surface area contributed by atoms with Crippen LogP contribution in [0.4, 0.5) is 11.5 Å². The first kappa shape index (κ1) is 19.1. The Morgan fingerprint density at radius 3 is 2.34 bits per heavy atom. The van der Waals surface area contributed by atoms with Crippen molar-refractivity contribution in [1.29, 1.82) is 0 Å². The average Bonchev–Trinajstić information content (AvgIpc) is 2.80. The van der Waals surface area contributed by atoms with Crippen molar-refractivity contribution >= 4 is 17.4 Å². The Morgan fingerprint density at radius 2 is 1.66 bits per heavy atom. The minimum absolute atomic E-state index is 0.00623. The highest BCUT2D eigenvalue weighted by molar-refractivity contribution is 5.93. The Morgan fingerprint density at radius 1 is 1.00 bits per heavy atom. The first-order chi connectivity index (χ1) is 14.2. The molecule has 0 atom stereocenters. The van der Waals surface area contributed by atoms with Crippen LogP contribution in [0.2, 0.25) is 0 Å². The number of anilines is 2. The molecule has 1 aromatic heterocycles. The van der Waals surface area contributed by atoms with Crippen LogP contribution in [0, 0.1) is 5.92 Å². The summed E-state index contributed by atoms with van der Waals surface area (Å²) in [7, 11) is 1.95. The molecule has 2 heterocycles. The molecule has 1 aliphatic rings. The predicted molar refractivity (Wildman–Crippen MR) is 115 cm³/mol. The molecule has 2 aromatic carbocycles. The minimum atomic E-state index is -0.00623. The Balaban J connectivity index is 1.39. The molecule has 0 N–H and O–H groups in total. The molecule has 0 unspecified atom stereocenters. The normalized spacial score (nSPS) is 14.6. The van der Waals surface area contributed by atoms with Crippen molar-refractivity contribution in [3.8, 4) is 0 Å². The van der Waals surface area contributed by atoms with Gasteiger partial charge in [0.05, 0.1) is 0 Å². The highest BCUT2D eigenvalue weighted by atomic mass is 16.2. The minimum Gasteiger partial charge on any atom is -0.337 e. The first-order valence-corrected chi connectivity index (χ1v) is 10.1. The molecule has 1 fully saturated rings. The number of carbonyl (C=O) groups is 1. The number of benzene rings is 2. The summed E-state index contributed by atoms with van der Waals surface area (Å²) in [6.07, 6.45) is 4.62. The summed E-state index contributed by atoms with van der Waals surface area (Å²) in [5.74, 6) is 1.34. The summed E-state index contributed by atoms with van der Waals surface area (Å²) in [5.41, 5.74) is 2.85. The molecule has 5 heteroatoms. The number of nitrogens with zero attached hydrogens (tertiary/aromatic N) is 4. The monoisotopic (exact) mass is 386 g/mol. The van der Waals surface area contributed by atoms with Crippen LogP contribution in [-0.2, 0) is 6.42 Å². The fraction of sp³-hybridized carbons (Fsp3) is 0.292. The smallest absolute Gasteiger partial charge is 0.272 e. The largest absolute Gasteiger partial charge is 0.337 e. The van der Waals surface area contributed by atoms with Crippen LogP contribution in [0.25, 0.3) is 0 Å². The summed E-state index contributed by atoms with van der Waals surface area (Å²) >= 11 is 0. The second kappa shape index (κ2) is 8.86. The van der Waals surface area contributed by atoms with Gasteiger partial charge in [-0.3, -0.25) is 4.79 Å². The lowest BCUT2D eigenvalue weighted by molar-refractivity contribution is 0.0684. The molecule has 0 aliphatic carbocycles. The Kier molecular flexibility index (Phi) is 5.84. The zero-order chi connectivity index (χ0) is 20.1. The lowest BCUT2D eigenvalue weighted by atomic mass is 9.90. The van der Waals surface area contributed by atoms with E-state index in [9.17, 15) is 4.79 Å². The molecule has 0 saturated carbocycles. The maximum absolute atomic E-state index is 13.0. The number of rotatable bonds is 5. The fourth-order valence-electron chi connectivity index (χ4n) is 3.88. The summed E-state index contributed by atoms with van der Waals surface area (Å²) < 4.78 is 0. The molecule has 148 valence electrons. The van der Waals surface area contributed by atoms with Gasteiger partial charge >= 0.3 is 0 Å². The van der Waals surface area contributed by atoms with Gasteiger partial charge in [0.25, 0.3) is 5.91 Å². The average molecular weight is 386 g/mol. The van der Waals surface area contributed by atoms with Gasteiger partial charge in [-0.2, -0.15) is 0 Å². The van der Waals surface area contributed by atoms with Gasteiger partial charge in [-0.25, -0.2) is 9.97 Å². The van der Waals surface area contributed by atoms with Gasteiger partial charge in [0.1, 0.15) is 17.8 Å². The van der Waals surface area contributed by atoms with Crippen molar-refractivity contribution in [2.24, 2.45) is 5.92 Å². The van der Waals surface area contributed by atoms with Gasteiger partial charge in [-0.15, -0.1) is 0 Å². The summed E-state index contributed by atoms with van der Waals surface area (Å²) in [4.78, 5) is 25.5. The van der Waals surface area contributed by atoms with Gasteiger partial charge < -0.3 is 9.80 Å². The van der Waals surface area contributed by atoms with Gasteiger partial charge in [0, 0.05) is 31.9 Å². The summed E-state index contributed by atoms with van der Waals surface area (Å²) in [5, 5.41) is 0. The second-order valence-corrected chi connectivity index (χ2v) is 7.58. The van der Waals surface area contributed by atoms with E-state index in [1.54, 1.807) is 6.07 Å². The molecular weight excluding hydrogens is 360 g/mol. The van der Waals surface area contributed by atoms with Crippen LogP contribution in [0.15, 0.2) is 73.1 Å². The van der Waals surface area contributed by atoms with E-state index in [2.05, 4.69) is 40.3 Å². The molecule has 5 nitrogen and oxygen atoms in total. The van der Waals surface area contributed by atoms with Gasteiger partial charge in [-0.05, 0) is 42.9 Å². The van der Waals surface area contributed by atoms with Crippen LogP contribution in [0.3, 0.4) is 0 Å². The Hall–Kier alpha value is -3.21. The molecule has 29 heavy (non-hydrogen) atoms. The summed E-state index contributed by atoms with van der Waals surface area (Å²) in [6, 6.07) is 22.4. The quantitative estimate of drug-likeness (QED) is 0.654. The topological polar surface area (TPSA) is 49.3 Å². The Bertz CT molecular complexity index is 937. The standard InChI is InChI=1S/C24H26N4O/c1-27(21-10-6-3-7-11-21)23-17-22(25-18-26-23)24(29)28-14-12-20(13-15-28)16-19-8-4-2-5-9-19/h2-11,17-18,20H,12-16H2,1H3. The number of carbonyl (C=O) groups excluding carboxylic acids is 1. The van der Waals surface area contributed by atoms with Gasteiger partial charge in [-0.1, -0.05) is 48.5 Å². The fourth-order valence-corrected chi connectivity index (χ4v) is 3.88. The van der Waals surface area contributed by atoms with Crippen molar-refractivity contribution in [1.82, 2.24) is 14.9 Å². The lowest BCUT2D eigenvalue weighted by Crippen LogP contribution is -2.39. The van der Waals surface area contributed by atoms with Gasteiger partial charge in [0.15, 0.2) is 0 Å². The molecular formula is C24H26N4O. The molecule has 0 spiro atoms. The maximum Gasteiger partial charge on any atom is 0.272 e. The highest BCUT2D eigenvalue weighted by Gasteiger charge is 2.25. The predicted octanol–water partition coefficient (Wildman–Crippen LogP) is 4.34. The van der Waals surface area contributed by atoms with Crippen molar-refractivity contribution in [2.45, 2.75) is 19.3 Å². The summed E-state index contributed by atoms with van der Waals surface area (Å²) in [6.45, 7) is 1.56. The number of amides is 1. The molecule has 1 aliphatic heterocycles. The third-order valence-corrected chi connectivity index (χ3v) is 5.63. The SMILES string of the molecule is CN(c1ccccc1)c1cc(C(=O)N2CCC(Cc3ccccc3)CC2)ncn1. The van der Waals surface area contributed by atoms with E-state index in [4.69, 9.17) is 0 Å². The molecule has 0 bridgehead atoms. The molecule has 3 aromatic rings. The van der Waals surface area contributed by atoms with E-state index >= 15 is 0 Å². The zero-order valence-corrected chi connectivity index (χ0v) is 16.7. The zero-order valence-electron chi connectivity index (χ0n) is 16.7. The van der Waals surface area contributed by atoms with Gasteiger partial charge in [0.2, 0.25) is 0 Å². The van der Waals surface area contributed by atoms with E-state index in [0.717, 1.165) is 38.0 Å². The van der Waals surface area contributed by atoms with E-state index in [1.807, 2.05) is 47.2 Å². The van der Waals surface area contributed by atoms with Crippen LogP contribution in [0.5, 0.6) is 0 Å². The highest BCUT2D eigenvalue weighted by Crippen LogP contribution is 2.24.